The third-order valence-electron chi connectivity index (χ3n) is 6.58. The van der Waals surface area contributed by atoms with Crippen molar-refractivity contribution in [2.75, 3.05) is 31.6 Å². The highest BCUT2D eigenvalue weighted by atomic mass is 35.5. The van der Waals surface area contributed by atoms with Crippen molar-refractivity contribution in [2.45, 2.75) is 44.7 Å². The van der Waals surface area contributed by atoms with Gasteiger partial charge in [0.2, 0.25) is 11.8 Å². The van der Waals surface area contributed by atoms with Gasteiger partial charge in [-0.15, -0.1) is 0 Å². The van der Waals surface area contributed by atoms with Gasteiger partial charge >= 0.3 is 0 Å². The second-order valence-electron chi connectivity index (χ2n) is 10.1. The summed E-state index contributed by atoms with van der Waals surface area (Å²) in [5, 5.41) is 3.18. The van der Waals surface area contributed by atoms with Crippen molar-refractivity contribution >= 4 is 39.1 Å². The Morgan fingerprint density at radius 3 is 2.29 bits per heavy atom. The highest BCUT2D eigenvalue weighted by molar-refractivity contribution is 7.92. The summed E-state index contributed by atoms with van der Waals surface area (Å²) in [7, 11) is -1.31. The van der Waals surface area contributed by atoms with Gasteiger partial charge < -0.3 is 19.7 Å². The monoisotopic (exact) mass is 615 g/mol. The minimum absolute atomic E-state index is 0.0131. The lowest BCUT2D eigenvalue weighted by molar-refractivity contribution is -0.140. The molecule has 226 valence electrons. The zero-order chi connectivity index (χ0) is 30.9. The molecule has 0 aliphatic heterocycles. The lowest BCUT2D eigenvalue weighted by atomic mass is 10.1. The summed E-state index contributed by atoms with van der Waals surface area (Å²) in [6.07, 6.45) is 0.311. The van der Waals surface area contributed by atoms with Crippen molar-refractivity contribution < 1.29 is 27.5 Å². The van der Waals surface area contributed by atoms with Crippen LogP contribution in [0.2, 0.25) is 5.02 Å². The van der Waals surface area contributed by atoms with Gasteiger partial charge in [-0.25, -0.2) is 8.42 Å². The van der Waals surface area contributed by atoms with E-state index in [2.05, 4.69) is 5.32 Å². The number of hydrogen-bond donors (Lipinski definition) is 1. The van der Waals surface area contributed by atoms with E-state index in [0.29, 0.717) is 18.7 Å². The number of sulfonamides is 1. The van der Waals surface area contributed by atoms with Crippen LogP contribution in [0.5, 0.6) is 11.5 Å². The van der Waals surface area contributed by atoms with E-state index in [4.69, 9.17) is 21.1 Å². The minimum Gasteiger partial charge on any atom is -0.497 e. The zero-order valence-corrected chi connectivity index (χ0v) is 26.1. The summed E-state index contributed by atoms with van der Waals surface area (Å²) in [5.74, 6) is 0.115. The molecule has 0 radical (unpaired) electrons. The first-order chi connectivity index (χ1) is 20.0. The van der Waals surface area contributed by atoms with Crippen LogP contribution < -0.4 is 19.1 Å². The molecule has 0 saturated heterocycles. The van der Waals surface area contributed by atoms with Crippen LogP contribution in [-0.2, 0) is 26.2 Å². The number of nitrogens with one attached hydrogen (secondary N) is 1. The van der Waals surface area contributed by atoms with Crippen molar-refractivity contribution in [1.29, 1.82) is 0 Å². The van der Waals surface area contributed by atoms with Crippen molar-refractivity contribution in [3.8, 4) is 11.5 Å². The molecule has 0 fully saturated rings. The Hall–Kier alpha value is -3.76. The molecule has 3 rings (SSSR count). The fraction of sp³-hybridized carbons (Fsp3) is 0.355. The zero-order valence-electron chi connectivity index (χ0n) is 24.5. The number of carbonyl (C=O) groups is 2. The largest absolute Gasteiger partial charge is 0.497 e. The fourth-order valence-electron chi connectivity index (χ4n) is 4.40. The Bertz CT molecular complexity index is 1470. The number of rotatable bonds is 14. The maximum atomic E-state index is 14.2. The number of benzene rings is 3. The van der Waals surface area contributed by atoms with Gasteiger partial charge in [-0.05, 0) is 60.4 Å². The smallest absolute Gasteiger partial charge is 0.264 e. The van der Waals surface area contributed by atoms with Crippen LogP contribution in [-0.4, -0.2) is 58.5 Å². The van der Waals surface area contributed by atoms with E-state index in [1.165, 1.54) is 36.3 Å². The van der Waals surface area contributed by atoms with E-state index >= 15 is 0 Å². The lowest BCUT2D eigenvalue weighted by Gasteiger charge is -2.33. The summed E-state index contributed by atoms with van der Waals surface area (Å²) < 4.78 is 39.8. The Kier molecular flexibility index (Phi) is 11.6. The summed E-state index contributed by atoms with van der Waals surface area (Å²) in [6.45, 7) is 5.65. The van der Waals surface area contributed by atoms with E-state index in [0.717, 1.165) is 9.87 Å². The van der Waals surface area contributed by atoms with E-state index in [9.17, 15) is 18.0 Å². The Labute approximate surface area is 253 Å². The molecule has 0 aliphatic carbocycles. The van der Waals surface area contributed by atoms with E-state index < -0.39 is 28.5 Å². The second kappa shape index (κ2) is 14.9. The van der Waals surface area contributed by atoms with Gasteiger partial charge in [0.05, 0.1) is 24.8 Å². The molecule has 9 nitrogen and oxygen atoms in total. The molecule has 11 heteroatoms. The third-order valence-corrected chi connectivity index (χ3v) is 8.59. The number of methoxy groups -OCH3 is 2. The number of anilines is 1. The molecular formula is C31H38ClN3O6S. The van der Waals surface area contributed by atoms with Crippen LogP contribution in [0.1, 0.15) is 32.8 Å². The molecule has 0 aliphatic rings. The summed E-state index contributed by atoms with van der Waals surface area (Å²) in [6, 6.07) is 18.7. The number of amides is 2. The van der Waals surface area contributed by atoms with Gasteiger partial charge in [0, 0.05) is 18.1 Å². The molecule has 0 heterocycles. The lowest BCUT2D eigenvalue weighted by Crippen LogP contribution is -2.52. The average molecular weight is 616 g/mol. The van der Waals surface area contributed by atoms with Gasteiger partial charge in [-0.2, -0.15) is 0 Å². The highest BCUT2D eigenvalue weighted by Gasteiger charge is 2.35. The van der Waals surface area contributed by atoms with Crippen LogP contribution in [0.3, 0.4) is 0 Å². The first kappa shape index (κ1) is 32.8. The Morgan fingerprint density at radius 1 is 0.952 bits per heavy atom. The van der Waals surface area contributed by atoms with Gasteiger partial charge in [-0.3, -0.25) is 13.9 Å². The molecule has 2 amide bonds. The highest BCUT2D eigenvalue weighted by Crippen LogP contribution is 2.35. The normalized spacial score (nSPS) is 12.0. The van der Waals surface area contributed by atoms with E-state index in [1.54, 1.807) is 49.6 Å². The molecule has 0 bridgehead atoms. The minimum atomic E-state index is -4.26. The van der Waals surface area contributed by atoms with Crippen LogP contribution >= 0.6 is 11.6 Å². The molecule has 42 heavy (non-hydrogen) atoms. The second-order valence-corrected chi connectivity index (χ2v) is 12.4. The predicted molar refractivity (Wildman–Crippen MR) is 164 cm³/mol. The first-order valence-corrected chi connectivity index (χ1v) is 15.4. The number of halogens is 1. The van der Waals surface area contributed by atoms with Crippen LogP contribution in [0.25, 0.3) is 0 Å². The maximum Gasteiger partial charge on any atom is 0.264 e. The molecule has 0 spiro atoms. The predicted octanol–water partition coefficient (Wildman–Crippen LogP) is 5.13. The maximum absolute atomic E-state index is 14.2. The first-order valence-electron chi connectivity index (χ1n) is 13.6. The number of nitrogens with zero attached hydrogens (tertiary/aromatic N) is 2. The van der Waals surface area contributed by atoms with Crippen molar-refractivity contribution in [2.24, 2.45) is 5.92 Å². The Balaban J connectivity index is 2.11. The fourth-order valence-corrected chi connectivity index (χ4v) is 6.00. The van der Waals surface area contributed by atoms with E-state index in [-0.39, 0.29) is 39.7 Å². The van der Waals surface area contributed by atoms with Crippen LogP contribution in [0, 0.1) is 5.92 Å². The number of ether oxygens (including phenoxy) is 2. The summed E-state index contributed by atoms with van der Waals surface area (Å²) in [4.78, 5) is 29.0. The van der Waals surface area contributed by atoms with Crippen molar-refractivity contribution in [3.63, 3.8) is 0 Å². The van der Waals surface area contributed by atoms with Gasteiger partial charge in [0.1, 0.15) is 24.1 Å². The summed E-state index contributed by atoms with van der Waals surface area (Å²) in [5.41, 5.74) is 0.816. The molecule has 0 saturated carbocycles. The molecule has 1 unspecified atom stereocenters. The third kappa shape index (κ3) is 8.17. The van der Waals surface area contributed by atoms with Crippen molar-refractivity contribution in [3.05, 3.63) is 83.4 Å². The molecule has 3 aromatic rings. The standard InChI is InChI=1S/C31H38ClN3O6S/c1-6-27(31(37)33-19-22(2)3)34(20-23-11-10-12-25(17-23)40-4)30(36)21-35(28-18-24(32)15-16-29(28)41-5)42(38,39)26-13-8-7-9-14-26/h7-18,22,27H,6,19-21H2,1-5H3,(H,33,37). The van der Waals surface area contributed by atoms with Gasteiger partial charge in [0.25, 0.3) is 10.0 Å². The topological polar surface area (TPSA) is 105 Å². The number of hydrogen-bond acceptors (Lipinski definition) is 6. The molecule has 0 aromatic heterocycles. The van der Waals surface area contributed by atoms with Gasteiger partial charge in [-0.1, -0.05) is 62.7 Å². The average Bonchev–Trinajstić information content (AvgIpc) is 2.99. The molecular weight excluding hydrogens is 578 g/mol. The summed E-state index contributed by atoms with van der Waals surface area (Å²) >= 11 is 6.29. The number of carbonyl (C=O) groups excluding carboxylic acids is 2. The Morgan fingerprint density at radius 2 is 1.67 bits per heavy atom. The quantitative estimate of drug-likeness (QED) is 0.270. The van der Waals surface area contributed by atoms with Crippen LogP contribution in [0.4, 0.5) is 5.69 Å². The van der Waals surface area contributed by atoms with Gasteiger partial charge in [0.15, 0.2) is 0 Å². The van der Waals surface area contributed by atoms with Crippen LogP contribution in [0.15, 0.2) is 77.7 Å². The molecule has 1 N–H and O–H groups in total. The van der Waals surface area contributed by atoms with Crippen molar-refractivity contribution in [1.82, 2.24) is 10.2 Å². The molecule has 1 atom stereocenters. The SMILES string of the molecule is CCC(C(=O)NCC(C)C)N(Cc1cccc(OC)c1)C(=O)CN(c1cc(Cl)ccc1OC)S(=O)(=O)c1ccccc1. The molecule has 3 aromatic carbocycles. The van der Waals surface area contributed by atoms with E-state index in [1.807, 2.05) is 26.8 Å².